The minimum atomic E-state index is -4.71. The van der Waals surface area contributed by atoms with Gasteiger partial charge in [0, 0.05) is 49.2 Å². The Morgan fingerprint density at radius 1 is 1.02 bits per heavy atom. The number of aromatic amines is 1. The van der Waals surface area contributed by atoms with E-state index in [4.69, 9.17) is 31.5 Å². The molecule has 4 amide bonds. The number of carbonyl (C=O) groups excluding carboxylic acids is 3. The molecule has 3 fully saturated rings. The summed E-state index contributed by atoms with van der Waals surface area (Å²) in [6.45, 7) is 1.82. The number of morpholine rings is 1. The number of hydrogen-bond donors (Lipinski definition) is 2. The molecule has 1 aromatic heterocycles. The average molecular weight is 764 g/mol. The lowest BCUT2D eigenvalue weighted by Crippen LogP contribution is -2.42. The second-order valence-corrected chi connectivity index (χ2v) is 15.9. The Morgan fingerprint density at radius 2 is 1.77 bits per heavy atom. The molecule has 0 bridgehead atoms. The van der Waals surface area contributed by atoms with Crippen molar-refractivity contribution in [1.82, 2.24) is 19.1 Å². The van der Waals surface area contributed by atoms with Gasteiger partial charge in [-0.25, -0.2) is 17.5 Å². The maximum atomic E-state index is 14.7. The number of ether oxygens (including phenoxy) is 3. The monoisotopic (exact) mass is 763 g/mol. The second kappa shape index (κ2) is 15.4. The molecule has 3 aromatic carbocycles. The number of methoxy groups -OCH3 is 1. The summed E-state index contributed by atoms with van der Waals surface area (Å²) in [5, 5.41) is 1.10. The highest BCUT2D eigenvalue weighted by molar-refractivity contribution is 7.89. The zero-order chi connectivity index (χ0) is 37.3. The Labute approximate surface area is 312 Å². The van der Waals surface area contributed by atoms with E-state index in [1.54, 1.807) is 23.2 Å². The molecule has 2 aliphatic heterocycles. The highest BCUT2D eigenvalue weighted by Crippen LogP contribution is 2.37. The molecule has 0 spiro atoms. The molecule has 3 N–H and O–H groups in total. The molecule has 1 saturated carbocycles. The molecule has 15 heteroatoms. The molecule has 53 heavy (non-hydrogen) atoms. The van der Waals surface area contributed by atoms with Crippen molar-refractivity contribution >= 4 is 50.4 Å². The number of urea groups is 1. The van der Waals surface area contributed by atoms with Crippen molar-refractivity contribution in [2.24, 2.45) is 17.6 Å². The summed E-state index contributed by atoms with van der Waals surface area (Å²) in [6.07, 6.45) is 5.15. The van der Waals surface area contributed by atoms with Gasteiger partial charge in [-0.15, -0.1) is 0 Å². The lowest BCUT2D eigenvalue weighted by atomic mass is 9.81. The van der Waals surface area contributed by atoms with Crippen LogP contribution in [0.3, 0.4) is 0 Å². The number of amides is 4. The summed E-state index contributed by atoms with van der Waals surface area (Å²) < 4.78 is 47.0. The van der Waals surface area contributed by atoms with Crippen LogP contribution >= 0.6 is 11.6 Å². The quantitative estimate of drug-likeness (QED) is 0.190. The highest BCUT2D eigenvalue weighted by atomic mass is 35.5. The number of rotatable bonds is 11. The number of hydrogen-bond acceptors (Lipinski definition) is 9. The van der Waals surface area contributed by atoms with E-state index in [1.807, 2.05) is 24.3 Å². The van der Waals surface area contributed by atoms with Crippen molar-refractivity contribution in [3.8, 4) is 17.2 Å². The van der Waals surface area contributed by atoms with Gasteiger partial charge in [0.15, 0.2) is 0 Å². The number of carbonyl (C=O) groups is 3. The van der Waals surface area contributed by atoms with Crippen LogP contribution in [0.4, 0.5) is 4.79 Å². The maximum absolute atomic E-state index is 14.7. The highest BCUT2D eigenvalue weighted by Gasteiger charge is 2.52. The number of para-hydroxylation sites is 1. The number of halogens is 1. The van der Waals surface area contributed by atoms with Gasteiger partial charge >= 0.3 is 6.03 Å². The number of benzene rings is 3. The Hall–Kier alpha value is -4.63. The van der Waals surface area contributed by atoms with E-state index >= 15 is 0 Å². The summed E-state index contributed by atoms with van der Waals surface area (Å²) in [5.74, 6) is 0.00903. The SMILES string of the molecule is COc1ccc(Oc2ccc(S(=O)(=O)N3C(=O)N(CC4CCCC(CN)C4)C(=O)C3Cc3c[nH]c4ccccc34)cc2C(=O)N2CCOCC2)cc1Cl. The number of nitrogens with one attached hydrogen (secondary N) is 1. The molecule has 280 valence electrons. The van der Waals surface area contributed by atoms with Gasteiger partial charge in [0.25, 0.3) is 21.8 Å². The fourth-order valence-electron chi connectivity index (χ4n) is 7.60. The summed E-state index contributed by atoms with van der Waals surface area (Å²) in [7, 11) is -3.22. The van der Waals surface area contributed by atoms with E-state index in [0.29, 0.717) is 35.4 Å². The molecule has 0 radical (unpaired) electrons. The topological polar surface area (TPSA) is 165 Å². The number of nitrogens with zero attached hydrogens (tertiary/aromatic N) is 3. The fraction of sp³-hybridized carbons (Fsp3) is 0.395. The lowest BCUT2D eigenvalue weighted by molar-refractivity contribution is -0.128. The molecular weight excluding hydrogens is 722 g/mol. The van der Waals surface area contributed by atoms with Crippen molar-refractivity contribution in [1.29, 1.82) is 0 Å². The summed E-state index contributed by atoms with van der Waals surface area (Å²) in [6, 6.07) is 13.8. The smallest absolute Gasteiger partial charge is 0.341 e. The van der Waals surface area contributed by atoms with Gasteiger partial charge in [0.05, 0.1) is 35.8 Å². The van der Waals surface area contributed by atoms with Crippen LogP contribution in [0.5, 0.6) is 17.2 Å². The van der Waals surface area contributed by atoms with Crippen LogP contribution in [-0.4, -0.2) is 97.9 Å². The minimum absolute atomic E-state index is 0.00206. The third kappa shape index (κ3) is 7.33. The number of sulfonamides is 1. The average Bonchev–Trinajstić information content (AvgIpc) is 3.69. The van der Waals surface area contributed by atoms with E-state index in [1.165, 1.54) is 31.4 Å². The Morgan fingerprint density at radius 3 is 2.53 bits per heavy atom. The molecule has 3 atom stereocenters. The van der Waals surface area contributed by atoms with Crippen LogP contribution in [0, 0.1) is 11.8 Å². The minimum Gasteiger partial charge on any atom is -0.495 e. The zero-order valence-electron chi connectivity index (χ0n) is 29.3. The number of imide groups is 1. The first-order valence-electron chi connectivity index (χ1n) is 17.8. The van der Waals surface area contributed by atoms with E-state index in [0.717, 1.165) is 41.5 Å². The molecule has 3 heterocycles. The van der Waals surface area contributed by atoms with Gasteiger partial charge in [-0.05, 0) is 79.6 Å². The van der Waals surface area contributed by atoms with Gasteiger partial charge in [-0.3, -0.25) is 14.5 Å². The molecule has 4 aromatic rings. The summed E-state index contributed by atoms with van der Waals surface area (Å²) in [4.78, 5) is 48.1. The van der Waals surface area contributed by atoms with Crippen LogP contribution in [-0.2, 0) is 26.0 Å². The molecule has 1 aliphatic carbocycles. The van der Waals surface area contributed by atoms with Crippen molar-refractivity contribution in [3.05, 3.63) is 83.0 Å². The summed E-state index contributed by atoms with van der Waals surface area (Å²) in [5.41, 5.74) is 7.45. The molecular formula is C38H42ClN5O8S. The first kappa shape index (κ1) is 36.7. The summed E-state index contributed by atoms with van der Waals surface area (Å²) >= 11 is 6.34. The van der Waals surface area contributed by atoms with E-state index < -0.39 is 33.9 Å². The van der Waals surface area contributed by atoms with Crippen LogP contribution in [0.25, 0.3) is 10.9 Å². The van der Waals surface area contributed by atoms with E-state index in [-0.39, 0.29) is 64.9 Å². The van der Waals surface area contributed by atoms with Gasteiger partial charge in [-0.2, -0.15) is 0 Å². The number of nitrogens with two attached hydrogens (primary N) is 1. The number of aromatic nitrogens is 1. The molecule has 3 aliphatic rings. The maximum Gasteiger partial charge on any atom is 0.341 e. The van der Waals surface area contributed by atoms with E-state index in [9.17, 15) is 22.8 Å². The predicted octanol–water partition coefficient (Wildman–Crippen LogP) is 5.42. The van der Waals surface area contributed by atoms with Crippen LogP contribution in [0.15, 0.2) is 71.8 Å². The largest absolute Gasteiger partial charge is 0.495 e. The standard InChI is InChI=1S/C38H42ClN5O8S/c1-50-35-11-9-27(19-31(35)39)52-34-12-10-28(20-30(34)36(45)42-13-15-51-16-14-42)53(48,49)44-33(18-26-22-41-32-8-3-2-7-29(26)32)37(46)43(38(44)47)23-25-6-4-5-24(17-25)21-40/h2-3,7-12,19-20,22,24-25,33,41H,4-6,13-18,21,23,40H2,1H3. The van der Waals surface area contributed by atoms with E-state index in [2.05, 4.69) is 4.98 Å². The van der Waals surface area contributed by atoms with Gasteiger partial charge in [-0.1, -0.05) is 36.2 Å². The van der Waals surface area contributed by atoms with Crippen LogP contribution in [0.2, 0.25) is 5.02 Å². The third-order valence-corrected chi connectivity index (χ3v) is 12.5. The Balaban J connectivity index is 1.27. The van der Waals surface area contributed by atoms with Crippen molar-refractivity contribution in [2.75, 3.05) is 46.5 Å². The van der Waals surface area contributed by atoms with Crippen LogP contribution < -0.4 is 15.2 Å². The molecule has 13 nitrogen and oxygen atoms in total. The van der Waals surface area contributed by atoms with Gasteiger partial charge in [0.2, 0.25) is 0 Å². The normalized spacial score (nSPS) is 21.0. The predicted molar refractivity (Wildman–Crippen MR) is 198 cm³/mol. The molecule has 3 unspecified atom stereocenters. The first-order chi connectivity index (χ1) is 25.6. The van der Waals surface area contributed by atoms with Crippen LogP contribution in [0.1, 0.15) is 41.6 Å². The first-order valence-corrected chi connectivity index (χ1v) is 19.6. The van der Waals surface area contributed by atoms with Crippen molar-refractivity contribution < 1.29 is 37.0 Å². The zero-order valence-corrected chi connectivity index (χ0v) is 30.9. The number of H-pyrrole nitrogens is 1. The molecule has 7 rings (SSSR count). The third-order valence-electron chi connectivity index (χ3n) is 10.4. The van der Waals surface area contributed by atoms with Gasteiger partial charge in [0.1, 0.15) is 23.3 Å². The van der Waals surface area contributed by atoms with Crippen molar-refractivity contribution in [3.63, 3.8) is 0 Å². The Kier molecular flexibility index (Phi) is 10.7. The second-order valence-electron chi connectivity index (χ2n) is 13.7. The number of fused-ring (bicyclic) bond motifs is 1. The Bertz CT molecular complexity index is 2140. The fourth-order valence-corrected chi connectivity index (χ4v) is 9.38. The van der Waals surface area contributed by atoms with Crippen molar-refractivity contribution in [2.45, 2.75) is 43.0 Å². The lowest BCUT2D eigenvalue weighted by Gasteiger charge is -2.30. The van der Waals surface area contributed by atoms with Gasteiger partial charge < -0.3 is 29.8 Å². The molecule has 2 saturated heterocycles.